The van der Waals surface area contributed by atoms with Gasteiger partial charge in [-0.25, -0.2) is 4.39 Å². The molecule has 1 atom stereocenters. The average molecular weight is 427 g/mol. The molecule has 2 N–H and O–H groups in total. The third-order valence-corrected chi connectivity index (χ3v) is 5.89. The Bertz CT molecular complexity index is 882. The van der Waals surface area contributed by atoms with Gasteiger partial charge in [0.05, 0.1) is 25.9 Å². The molecule has 7 heteroatoms. The Balaban J connectivity index is 1.32. The highest BCUT2D eigenvalue weighted by molar-refractivity contribution is 5.79. The monoisotopic (exact) mass is 426 g/mol. The van der Waals surface area contributed by atoms with Crippen LogP contribution in [0.4, 0.5) is 4.39 Å². The molecule has 1 saturated heterocycles. The quantitative estimate of drug-likeness (QED) is 0.526. The van der Waals surface area contributed by atoms with Crippen molar-refractivity contribution in [3.05, 3.63) is 65.0 Å². The molecule has 2 heterocycles. The third kappa shape index (κ3) is 5.74. The zero-order chi connectivity index (χ0) is 21.5. The fourth-order valence-electron chi connectivity index (χ4n) is 4.17. The molecule has 1 unspecified atom stereocenters. The van der Waals surface area contributed by atoms with Gasteiger partial charge in [-0.2, -0.15) is 0 Å². The molecule has 6 nitrogen and oxygen atoms in total. The summed E-state index contributed by atoms with van der Waals surface area (Å²) in [6, 6.07) is 13.3. The zero-order valence-corrected chi connectivity index (χ0v) is 18.1. The first-order valence-corrected chi connectivity index (χ1v) is 11.0. The van der Waals surface area contributed by atoms with Crippen LogP contribution in [-0.4, -0.2) is 63.9 Å². The molecule has 0 bridgehead atoms. The number of ether oxygens (including phenoxy) is 2. The first-order valence-electron chi connectivity index (χ1n) is 11.0. The Hall–Kier alpha value is -2.64. The molecule has 4 rings (SSSR count). The minimum atomic E-state index is -0.215. The molecule has 0 amide bonds. The number of fused-ring (bicyclic) bond motifs is 1. The van der Waals surface area contributed by atoms with Crippen molar-refractivity contribution in [2.75, 3.05) is 53.0 Å². The van der Waals surface area contributed by atoms with Crippen molar-refractivity contribution in [2.45, 2.75) is 18.9 Å². The summed E-state index contributed by atoms with van der Waals surface area (Å²) < 4.78 is 24.5. The SMILES string of the molecule is CN=C(NCCc1ccc2c(c1)CCO2)NCC(c1ccc(F)cc1)N1CCOCC1. The number of nitrogens with one attached hydrogen (secondary N) is 2. The van der Waals surface area contributed by atoms with Crippen molar-refractivity contribution in [3.8, 4) is 5.75 Å². The third-order valence-electron chi connectivity index (χ3n) is 5.89. The van der Waals surface area contributed by atoms with Crippen LogP contribution in [0.5, 0.6) is 5.75 Å². The molecule has 2 aliphatic rings. The molecular weight excluding hydrogens is 395 g/mol. The molecule has 2 aromatic rings. The number of guanidine groups is 1. The van der Waals surface area contributed by atoms with Gasteiger partial charge < -0.3 is 20.1 Å². The Kier molecular flexibility index (Phi) is 7.38. The standard InChI is InChI=1S/C24H31FN4O2/c1-26-24(27-10-8-18-2-7-23-20(16-18)9-13-31-23)28-17-22(29-11-14-30-15-12-29)19-3-5-21(25)6-4-19/h2-7,16,22H,8-15,17H2,1H3,(H2,26,27,28). The van der Waals surface area contributed by atoms with Crippen molar-refractivity contribution >= 4 is 5.96 Å². The van der Waals surface area contributed by atoms with Crippen LogP contribution in [0.2, 0.25) is 0 Å². The van der Waals surface area contributed by atoms with E-state index in [0.717, 1.165) is 69.6 Å². The molecule has 1 fully saturated rings. The fraction of sp³-hybridized carbons (Fsp3) is 0.458. The van der Waals surface area contributed by atoms with Crippen molar-refractivity contribution in [2.24, 2.45) is 4.99 Å². The molecule has 0 aromatic heterocycles. The molecule has 166 valence electrons. The predicted octanol–water partition coefficient (Wildman–Crippen LogP) is 2.54. The second-order valence-corrected chi connectivity index (χ2v) is 7.89. The summed E-state index contributed by atoms with van der Waals surface area (Å²) in [5.41, 5.74) is 3.68. The maximum Gasteiger partial charge on any atom is 0.191 e. The van der Waals surface area contributed by atoms with Gasteiger partial charge in [0, 0.05) is 39.6 Å². The van der Waals surface area contributed by atoms with E-state index in [0.29, 0.717) is 6.54 Å². The lowest BCUT2D eigenvalue weighted by molar-refractivity contribution is 0.0170. The van der Waals surface area contributed by atoms with Crippen LogP contribution in [0.25, 0.3) is 0 Å². The number of hydrogen-bond donors (Lipinski definition) is 2. The lowest BCUT2D eigenvalue weighted by Gasteiger charge is -2.35. The fourth-order valence-corrected chi connectivity index (χ4v) is 4.17. The van der Waals surface area contributed by atoms with Crippen LogP contribution in [0.1, 0.15) is 22.7 Å². The minimum absolute atomic E-state index is 0.125. The van der Waals surface area contributed by atoms with Crippen molar-refractivity contribution in [3.63, 3.8) is 0 Å². The highest BCUT2D eigenvalue weighted by Crippen LogP contribution is 2.26. The number of benzene rings is 2. The summed E-state index contributed by atoms with van der Waals surface area (Å²) in [4.78, 5) is 6.75. The Morgan fingerprint density at radius 1 is 1.10 bits per heavy atom. The van der Waals surface area contributed by atoms with Crippen LogP contribution in [0, 0.1) is 5.82 Å². The van der Waals surface area contributed by atoms with Crippen molar-refractivity contribution < 1.29 is 13.9 Å². The van der Waals surface area contributed by atoms with Gasteiger partial charge in [0.15, 0.2) is 5.96 Å². The van der Waals surface area contributed by atoms with Gasteiger partial charge in [-0.1, -0.05) is 24.3 Å². The summed E-state index contributed by atoms with van der Waals surface area (Å²) in [5, 5.41) is 6.86. The van der Waals surface area contributed by atoms with Gasteiger partial charge >= 0.3 is 0 Å². The van der Waals surface area contributed by atoms with E-state index in [9.17, 15) is 4.39 Å². The molecule has 2 aromatic carbocycles. The highest BCUT2D eigenvalue weighted by atomic mass is 19.1. The summed E-state index contributed by atoms with van der Waals surface area (Å²) in [7, 11) is 1.78. The Morgan fingerprint density at radius 3 is 2.68 bits per heavy atom. The minimum Gasteiger partial charge on any atom is -0.493 e. The van der Waals surface area contributed by atoms with Crippen LogP contribution in [0.3, 0.4) is 0 Å². The Morgan fingerprint density at radius 2 is 1.90 bits per heavy atom. The highest BCUT2D eigenvalue weighted by Gasteiger charge is 2.23. The van der Waals surface area contributed by atoms with E-state index < -0.39 is 0 Å². The second kappa shape index (κ2) is 10.6. The van der Waals surface area contributed by atoms with Gasteiger partial charge in [-0.05, 0) is 41.3 Å². The van der Waals surface area contributed by atoms with E-state index in [1.165, 1.54) is 23.3 Å². The first-order chi connectivity index (χ1) is 15.2. The molecule has 0 radical (unpaired) electrons. The van der Waals surface area contributed by atoms with Gasteiger partial charge in [0.25, 0.3) is 0 Å². The number of nitrogens with zero attached hydrogens (tertiary/aromatic N) is 2. The maximum atomic E-state index is 13.4. The first kappa shape index (κ1) is 21.6. The van der Waals surface area contributed by atoms with Gasteiger partial charge in [-0.3, -0.25) is 9.89 Å². The van der Waals surface area contributed by atoms with Crippen LogP contribution in [0.15, 0.2) is 47.5 Å². The topological polar surface area (TPSA) is 58.1 Å². The van der Waals surface area contributed by atoms with Crippen LogP contribution >= 0.6 is 0 Å². The summed E-state index contributed by atoms with van der Waals surface area (Å²) >= 11 is 0. The van der Waals surface area contributed by atoms with E-state index in [1.807, 2.05) is 12.1 Å². The van der Waals surface area contributed by atoms with E-state index >= 15 is 0 Å². The molecule has 0 saturated carbocycles. The summed E-state index contributed by atoms with van der Waals surface area (Å²) in [5.74, 6) is 1.57. The summed E-state index contributed by atoms with van der Waals surface area (Å²) in [6.07, 6.45) is 1.91. The van der Waals surface area contributed by atoms with E-state index in [4.69, 9.17) is 9.47 Å². The lowest BCUT2D eigenvalue weighted by atomic mass is 10.0. The number of hydrogen-bond acceptors (Lipinski definition) is 4. The smallest absolute Gasteiger partial charge is 0.191 e. The van der Waals surface area contributed by atoms with E-state index in [-0.39, 0.29) is 11.9 Å². The number of halogens is 1. The summed E-state index contributed by atoms with van der Waals surface area (Å²) in [6.45, 7) is 5.41. The molecular formula is C24H31FN4O2. The average Bonchev–Trinajstić information content (AvgIpc) is 3.28. The molecule has 2 aliphatic heterocycles. The number of aliphatic imine (C=N–C) groups is 1. The van der Waals surface area contributed by atoms with Gasteiger partial charge in [-0.15, -0.1) is 0 Å². The van der Waals surface area contributed by atoms with Gasteiger partial charge in [0.1, 0.15) is 11.6 Å². The molecule has 0 aliphatic carbocycles. The van der Waals surface area contributed by atoms with Crippen molar-refractivity contribution in [1.29, 1.82) is 0 Å². The van der Waals surface area contributed by atoms with Crippen LogP contribution < -0.4 is 15.4 Å². The normalized spacial score (nSPS) is 17.7. The Labute approximate surface area is 183 Å². The zero-order valence-electron chi connectivity index (χ0n) is 18.1. The molecule has 0 spiro atoms. The van der Waals surface area contributed by atoms with E-state index in [2.05, 4.69) is 38.7 Å². The predicted molar refractivity (Wildman–Crippen MR) is 120 cm³/mol. The van der Waals surface area contributed by atoms with Gasteiger partial charge in [0.2, 0.25) is 0 Å². The number of morpholine rings is 1. The second-order valence-electron chi connectivity index (χ2n) is 7.89. The molecule has 31 heavy (non-hydrogen) atoms. The van der Waals surface area contributed by atoms with Crippen molar-refractivity contribution in [1.82, 2.24) is 15.5 Å². The lowest BCUT2D eigenvalue weighted by Crippen LogP contribution is -2.46. The number of rotatable bonds is 7. The van der Waals surface area contributed by atoms with Crippen LogP contribution in [-0.2, 0) is 17.6 Å². The largest absolute Gasteiger partial charge is 0.493 e. The maximum absolute atomic E-state index is 13.4. The van der Waals surface area contributed by atoms with E-state index in [1.54, 1.807) is 7.05 Å².